The Kier molecular flexibility index (Phi) is 4.97. The second-order valence-corrected chi connectivity index (χ2v) is 4.51. The normalized spacial score (nSPS) is 18.2. The van der Waals surface area contributed by atoms with Crippen molar-refractivity contribution in [1.29, 1.82) is 0 Å². The maximum Gasteiger partial charge on any atom is 0.249 e. The summed E-state index contributed by atoms with van der Waals surface area (Å²) >= 11 is 0. The highest BCUT2D eigenvalue weighted by Crippen LogP contribution is 2.13. The summed E-state index contributed by atoms with van der Waals surface area (Å²) in [6, 6.07) is 3.59. The van der Waals surface area contributed by atoms with Crippen molar-refractivity contribution in [2.24, 2.45) is 0 Å². The van der Waals surface area contributed by atoms with E-state index in [2.05, 4.69) is 15.6 Å². The van der Waals surface area contributed by atoms with E-state index in [9.17, 15) is 4.79 Å². The highest BCUT2D eigenvalue weighted by Gasteiger charge is 2.22. The van der Waals surface area contributed by atoms with Crippen molar-refractivity contribution in [3.05, 3.63) is 18.3 Å². The number of nitrogens with two attached hydrogens (primary N) is 1. The summed E-state index contributed by atoms with van der Waals surface area (Å²) in [6.07, 6.45) is 4.05. The predicted molar refractivity (Wildman–Crippen MR) is 73.7 cm³/mol. The number of aromatic nitrogens is 1. The summed E-state index contributed by atoms with van der Waals surface area (Å²) in [4.78, 5) is 15.8. The Morgan fingerprint density at radius 1 is 1.53 bits per heavy atom. The lowest BCUT2D eigenvalue weighted by atomic mass is 10.2. The third-order valence-corrected chi connectivity index (χ3v) is 3.01. The van der Waals surface area contributed by atoms with Gasteiger partial charge in [0, 0.05) is 25.9 Å². The van der Waals surface area contributed by atoms with E-state index in [1.165, 1.54) is 0 Å². The van der Waals surface area contributed by atoms with Crippen molar-refractivity contribution < 1.29 is 9.53 Å². The third-order valence-electron chi connectivity index (χ3n) is 3.01. The molecule has 19 heavy (non-hydrogen) atoms. The summed E-state index contributed by atoms with van der Waals surface area (Å²) in [5.74, 6) is 0.683. The number of ether oxygens (including phenoxy) is 1. The highest BCUT2D eigenvalue weighted by atomic mass is 16.5. The minimum absolute atomic E-state index is 0.00477. The first-order chi connectivity index (χ1) is 9.27. The van der Waals surface area contributed by atoms with Crippen LogP contribution >= 0.6 is 0 Å². The molecule has 104 valence electrons. The monoisotopic (exact) mass is 264 g/mol. The predicted octanol–water partition coefficient (Wildman–Crippen LogP) is 0.761. The van der Waals surface area contributed by atoms with E-state index in [0.717, 1.165) is 19.3 Å². The Morgan fingerprint density at radius 3 is 3.16 bits per heavy atom. The van der Waals surface area contributed by atoms with E-state index in [1.807, 2.05) is 0 Å². The van der Waals surface area contributed by atoms with Crippen LogP contribution in [0.25, 0.3) is 0 Å². The van der Waals surface area contributed by atoms with Crippen LogP contribution in [0.2, 0.25) is 0 Å². The molecule has 1 amide bonds. The molecule has 0 bridgehead atoms. The fourth-order valence-electron chi connectivity index (χ4n) is 1.97. The van der Waals surface area contributed by atoms with E-state index >= 15 is 0 Å². The molecule has 1 unspecified atom stereocenters. The van der Waals surface area contributed by atoms with Gasteiger partial charge in [-0.3, -0.25) is 4.79 Å². The Morgan fingerprint density at radius 2 is 2.42 bits per heavy atom. The van der Waals surface area contributed by atoms with Crippen molar-refractivity contribution >= 4 is 17.4 Å². The van der Waals surface area contributed by atoms with Crippen molar-refractivity contribution in [1.82, 2.24) is 10.3 Å². The second kappa shape index (κ2) is 6.94. The van der Waals surface area contributed by atoms with Gasteiger partial charge in [-0.05, 0) is 31.4 Å². The Balaban J connectivity index is 1.59. The van der Waals surface area contributed by atoms with Gasteiger partial charge in [0.15, 0.2) is 0 Å². The van der Waals surface area contributed by atoms with Gasteiger partial charge in [0.2, 0.25) is 5.91 Å². The molecule has 1 aromatic heterocycles. The van der Waals surface area contributed by atoms with Crippen molar-refractivity contribution in [3.8, 4) is 0 Å². The molecule has 0 radical (unpaired) electrons. The largest absolute Gasteiger partial charge is 0.396 e. The van der Waals surface area contributed by atoms with Crippen LogP contribution in [0.1, 0.15) is 19.3 Å². The maximum atomic E-state index is 11.6. The second-order valence-electron chi connectivity index (χ2n) is 4.51. The summed E-state index contributed by atoms with van der Waals surface area (Å²) < 4.78 is 5.30. The van der Waals surface area contributed by atoms with E-state index in [-0.39, 0.29) is 12.0 Å². The average Bonchev–Trinajstić information content (AvgIpc) is 2.94. The molecule has 1 aromatic rings. The number of hydrogen-bond donors (Lipinski definition) is 3. The topological polar surface area (TPSA) is 89.3 Å². The van der Waals surface area contributed by atoms with Crippen LogP contribution in [0.5, 0.6) is 0 Å². The van der Waals surface area contributed by atoms with Crippen LogP contribution < -0.4 is 16.4 Å². The molecule has 0 aromatic carbocycles. The van der Waals surface area contributed by atoms with Crippen molar-refractivity contribution in [2.45, 2.75) is 25.4 Å². The van der Waals surface area contributed by atoms with Gasteiger partial charge in [0.1, 0.15) is 11.9 Å². The summed E-state index contributed by atoms with van der Waals surface area (Å²) in [6.45, 7) is 2.03. The average molecular weight is 264 g/mol. The van der Waals surface area contributed by atoms with Crippen LogP contribution in [0, 0.1) is 0 Å². The summed E-state index contributed by atoms with van der Waals surface area (Å²) in [7, 11) is 0. The molecule has 1 fully saturated rings. The maximum absolute atomic E-state index is 11.6. The quantitative estimate of drug-likeness (QED) is 0.660. The minimum Gasteiger partial charge on any atom is -0.396 e. The minimum atomic E-state index is -0.251. The van der Waals surface area contributed by atoms with Crippen LogP contribution in [0.4, 0.5) is 11.5 Å². The number of pyridine rings is 1. The van der Waals surface area contributed by atoms with Gasteiger partial charge in [-0.2, -0.15) is 0 Å². The van der Waals surface area contributed by atoms with Crippen LogP contribution in [0.15, 0.2) is 18.3 Å². The summed E-state index contributed by atoms with van der Waals surface area (Å²) in [5, 5.41) is 6.01. The first-order valence-corrected chi connectivity index (χ1v) is 6.61. The third kappa shape index (κ3) is 4.10. The Labute approximate surface area is 112 Å². The molecule has 0 spiro atoms. The van der Waals surface area contributed by atoms with Gasteiger partial charge in [0.25, 0.3) is 0 Å². The van der Waals surface area contributed by atoms with E-state index in [0.29, 0.717) is 31.2 Å². The fourth-order valence-corrected chi connectivity index (χ4v) is 1.97. The number of carbonyl (C=O) groups excluding carboxylic acids is 1. The standard InChI is InChI=1S/C13H20N4O2/c14-10-4-1-6-15-12(10)16-7-3-8-17-13(18)11-5-2-9-19-11/h1,4,6,11H,2-3,5,7-9,14H2,(H,15,16)(H,17,18). The molecule has 4 N–H and O–H groups in total. The molecular formula is C13H20N4O2. The lowest BCUT2D eigenvalue weighted by Gasteiger charge is -2.11. The molecule has 1 aliphatic heterocycles. The molecule has 6 heteroatoms. The number of carbonyl (C=O) groups is 1. The van der Waals surface area contributed by atoms with Gasteiger partial charge in [-0.1, -0.05) is 0 Å². The molecule has 0 saturated carbocycles. The van der Waals surface area contributed by atoms with Crippen LogP contribution in [-0.2, 0) is 9.53 Å². The number of nitrogens with one attached hydrogen (secondary N) is 2. The number of nitrogens with zero attached hydrogens (tertiary/aromatic N) is 1. The van der Waals surface area contributed by atoms with E-state index in [4.69, 9.17) is 10.5 Å². The van der Waals surface area contributed by atoms with Gasteiger partial charge in [-0.15, -0.1) is 0 Å². The lowest BCUT2D eigenvalue weighted by molar-refractivity contribution is -0.130. The van der Waals surface area contributed by atoms with Crippen molar-refractivity contribution in [2.75, 3.05) is 30.7 Å². The first-order valence-electron chi connectivity index (χ1n) is 6.61. The first kappa shape index (κ1) is 13.6. The molecule has 1 aliphatic rings. The number of rotatable bonds is 6. The molecule has 1 atom stereocenters. The van der Waals surface area contributed by atoms with Gasteiger partial charge in [0.05, 0.1) is 5.69 Å². The van der Waals surface area contributed by atoms with Gasteiger partial charge in [-0.25, -0.2) is 4.98 Å². The number of anilines is 2. The Hall–Kier alpha value is -1.82. The zero-order chi connectivity index (χ0) is 13.5. The number of nitrogen functional groups attached to an aromatic ring is 1. The summed E-state index contributed by atoms with van der Waals surface area (Å²) in [5.41, 5.74) is 6.39. The molecule has 6 nitrogen and oxygen atoms in total. The molecular weight excluding hydrogens is 244 g/mol. The fraction of sp³-hybridized carbons (Fsp3) is 0.538. The van der Waals surface area contributed by atoms with Crippen LogP contribution in [-0.4, -0.2) is 36.7 Å². The van der Waals surface area contributed by atoms with Crippen molar-refractivity contribution in [3.63, 3.8) is 0 Å². The molecule has 2 rings (SSSR count). The molecule has 1 saturated heterocycles. The van der Waals surface area contributed by atoms with E-state index in [1.54, 1.807) is 18.3 Å². The molecule has 0 aliphatic carbocycles. The Bertz CT molecular complexity index is 419. The lowest BCUT2D eigenvalue weighted by Crippen LogP contribution is -2.35. The van der Waals surface area contributed by atoms with Crippen LogP contribution in [0.3, 0.4) is 0 Å². The zero-order valence-corrected chi connectivity index (χ0v) is 10.9. The van der Waals surface area contributed by atoms with E-state index < -0.39 is 0 Å². The highest BCUT2D eigenvalue weighted by molar-refractivity contribution is 5.80. The number of amides is 1. The SMILES string of the molecule is Nc1cccnc1NCCCNC(=O)C1CCCO1. The number of hydrogen-bond acceptors (Lipinski definition) is 5. The molecule has 2 heterocycles. The smallest absolute Gasteiger partial charge is 0.249 e. The van der Waals surface area contributed by atoms with Gasteiger partial charge < -0.3 is 21.1 Å². The zero-order valence-electron chi connectivity index (χ0n) is 10.9. The van der Waals surface area contributed by atoms with Gasteiger partial charge >= 0.3 is 0 Å².